The Kier molecular flexibility index (Phi) is 5.43. The number of aliphatic hydroxyl groups excluding tert-OH is 2. The standard InChI is InChI=1S/C12H16F3NO2/c1-8(18)12-9(13)3-2-4-10(12)16(5-6-17)7-11(14)15/h2-4,8,11,17-18H,5-7H2,1H3. The van der Waals surface area contributed by atoms with Crippen molar-refractivity contribution >= 4 is 5.69 Å². The minimum Gasteiger partial charge on any atom is -0.395 e. The molecule has 102 valence electrons. The molecule has 0 bridgehead atoms. The monoisotopic (exact) mass is 263 g/mol. The predicted octanol–water partition coefficient (Wildman–Crippen LogP) is 1.94. The van der Waals surface area contributed by atoms with Crippen molar-refractivity contribution < 1.29 is 23.4 Å². The molecule has 0 aliphatic heterocycles. The van der Waals surface area contributed by atoms with E-state index in [0.717, 1.165) is 11.0 Å². The molecule has 3 nitrogen and oxygen atoms in total. The van der Waals surface area contributed by atoms with Crippen LogP contribution >= 0.6 is 0 Å². The second kappa shape index (κ2) is 6.61. The summed E-state index contributed by atoms with van der Waals surface area (Å²) in [5.41, 5.74) is 0.144. The molecule has 18 heavy (non-hydrogen) atoms. The van der Waals surface area contributed by atoms with Gasteiger partial charge >= 0.3 is 0 Å². The number of aliphatic hydroxyl groups is 2. The Morgan fingerprint density at radius 2 is 2.00 bits per heavy atom. The predicted molar refractivity (Wildman–Crippen MR) is 62.3 cm³/mol. The zero-order valence-electron chi connectivity index (χ0n) is 9.98. The van der Waals surface area contributed by atoms with Gasteiger partial charge in [0.25, 0.3) is 6.43 Å². The summed E-state index contributed by atoms with van der Waals surface area (Å²) in [5.74, 6) is -0.653. The Bertz CT molecular complexity index is 386. The van der Waals surface area contributed by atoms with E-state index in [1.165, 1.54) is 19.1 Å². The van der Waals surface area contributed by atoms with Crippen LogP contribution in [0, 0.1) is 5.82 Å². The highest BCUT2D eigenvalue weighted by Gasteiger charge is 2.20. The van der Waals surface area contributed by atoms with Crippen molar-refractivity contribution in [3.63, 3.8) is 0 Å². The lowest BCUT2D eigenvalue weighted by Crippen LogP contribution is -2.32. The van der Waals surface area contributed by atoms with Gasteiger partial charge in [-0.1, -0.05) is 6.07 Å². The highest BCUT2D eigenvalue weighted by atomic mass is 19.3. The van der Waals surface area contributed by atoms with Gasteiger partial charge in [0.15, 0.2) is 0 Å². The largest absolute Gasteiger partial charge is 0.395 e. The maximum absolute atomic E-state index is 13.6. The van der Waals surface area contributed by atoms with Crippen molar-refractivity contribution in [3.05, 3.63) is 29.6 Å². The van der Waals surface area contributed by atoms with E-state index in [9.17, 15) is 18.3 Å². The molecule has 0 heterocycles. The van der Waals surface area contributed by atoms with Gasteiger partial charge in [-0.2, -0.15) is 0 Å². The quantitative estimate of drug-likeness (QED) is 0.824. The molecule has 0 aromatic heterocycles. The average Bonchev–Trinajstić information content (AvgIpc) is 2.27. The number of alkyl halides is 2. The normalized spacial score (nSPS) is 12.8. The number of hydrogen-bond acceptors (Lipinski definition) is 3. The van der Waals surface area contributed by atoms with E-state index in [4.69, 9.17) is 5.11 Å². The third-order valence-corrected chi connectivity index (χ3v) is 2.52. The van der Waals surface area contributed by atoms with Crippen LogP contribution in [0.3, 0.4) is 0 Å². The van der Waals surface area contributed by atoms with Gasteiger partial charge in [-0.3, -0.25) is 0 Å². The van der Waals surface area contributed by atoms with Gasteiger partial charge in [0.2, 0.25) is 0 Å². The molecule has 1 unspecified atom stereocenters. The fourth-order valence-corrected chi connectivity index (χ4v) is 1.81. The number of rotatable bonds is 6. The highest BCUT2D eigenvalue weighted by molar-refractivity contribution is 5.55. The molecule has 0 aliphatic carbocycles. The molecule has 6 heteroatoms. The lowest BCUT2D eigenvalue weighted by atomic mass is 10.1. The number of anilines is 1. The molecular formula is C12H16F3NO2. The van der Waals surface area contributed by atoms with E-state index in [1.807, 2.05) is 0 Å². The summed E-state index contributed by atoms with van der Waals surface area (Å²) in [6.45, 7) is 0.362. The number of halogens is 3. The Hall–Kier alpha value is -1.27. The van der Waals surface area contributed by atoms with Crippen LogP contribution in [0.1, 0.15) is 18.6 Å². The van der Waals surface area contributed by atoms with Gasteiger partial charge in [0.05, 0.1) is 19.3 Å². The molecular weight excluding hydrogens is 247 g/mol. The third kappa shape index (κ3) is 3.61. The Balaban J connectivity index is 3.14. The summed E-state index contributed by atoms with van der Waals surface area (Å²) < 4.78 is 38.5. The Morgan fingerprint density at radius 3 is 2.50 bits per heavy atom. The van der Waals surface area contributed by atoms with Crippen molar-refractivity contribution in [2.75, 3.05) is 24.6 Å². The van der Waals surface area contributed by atoms with Crippen LogP contribution in [0.25, 0.3) is 0 Å². The van der Waals surface area contributed by atoms with Crippen molar-refractivity contribution in [1.29, 1.82) is 0 Å². The molecule has 0 amide bonds. The zero-order chi connectivity index (χ0) is 13.7. The number of nitrogens with zero attached hydrogens (tertiary/aromatic N) is 1. The SMILES string of the molecule is CC(O)c1c(F)cccc1N(CCO)CC(F)F. The molecule has 2 N–H and O–H groups in total. The summed E-state index contributed by atoms with van der Waals surface area (Å²) in [7, 11) is 0. The van der Waals surface area contributed by atoms with E-state index in [-0.39, 0.29) is 24.4 Å². The second-order valence-corrected chi connectivity index (χ2v) is 3.91. The minimum absolute atomic E-state index is 0.0356. The van der Waals surface area contributed by atoms with Crippen LogP contribution in [0.2, 0.25) is 0 Å². The fourth-order valence-electron chi connectivity index (χ4n) is 1.81. The zero-order valence-corrected chi connectivity index (χ0v) is 9.98. The molecule has 1 rings (SSSR count). The molecule has 0 saturated heterocycles. The summed E-state index contributed by atoms with van der Waals surface area (Å²) in [5, 5.41) is 18.4. The maximum Gasteiger partial charge on any atom is 0.255 e. The van der Waals surface area contributed by atoms with Gasteiger partial charge in [0.1, 0.15) is 5.82 Å². The molecule has 1 aromatic carbocycles. The van der Waals surface area contributed by atoms with Crippen LogP contribution in [0.4, 0.5) is 18.9 Å². The first-order chi connectivity index (χ1) is 8.47. The third-order valence-electron chi connectivity index (χ3n) is 2.52. The van der Waals surface area contributed by atoms with Crippen molar-refractivity contribution in [2.45, 2.75) is 19.5 Å². The topological polar surface area (TPSA) is 43.7 Å². The van der Waals surface area contributed by atoms with Crippen LogP contribution in [0.15, 0.2) is 18.2 Å². The summed E-state index contributed by atoms with van der Waals surface area (Å²) in [4.78, 5) is 1.16. The maximum atomic E-state index is 13.6. The van der Waals surface area contributed by atoms with Gasteiger partial charge in [-0.25, -0.2) is 13.2 Å². The van der Waals surface area contributed by atoms with Crippen LogP contribution < -0.4 is 4.90 Å². The van der Waals surface area contributed by atoms with E-state index >= 15 is 0 Å². The van der Waals surface area contributed by atoms with Gasteiger partial charge in [-0.15, -0.1) is 0 Å². The molecule has 0 saturated carbocycles. The van der Waals surface area contributed by atoms with Gasteiger partial charge in [-0.05, 0) is 19.1 Å². The fraction of sp³-hybridized carbons (Fsp3) is 0.500. The van der Waals surface area contributed by atoms with E-state index in [1.54, 1.807) is 0 Å². The lowest BCUT2D eigenvalue weighted by molar-refractivity contribution is 0.152. The minimum atomic E-state index is -2.61. The van der Waals surface area contributed by atoms with Crippen LogP contribution in [-0.4, -0.2) is 36.3 Å². The van der Waals surface area contributed by atoms with Gasteiger partial charge < -0.3 is 15.1 Å². The molecule has 0 radical (unpaired) electrons. The van der Waals surface area contributed by atoms with Crippen molar-refractivity contribution in [1.82, 2.24) is 0 Å². The van der Waals surface area contributed by atoms with Gasteiger partial charge in [0, 0.05) is 17.8 Å². The van der Waals surface area contributed by atoms with E-state index in [0.29, 0.717) is 0 Å². The lowest BCUT2D eigenvalue weighted by Gasteiger charge is -2.27. The molecule has 0 spiro atoms. The number of benzene rings is 1. The number of hydrogen-bond donors (Lipinski definition) is 2. The summed E-state index contributed by atoms with van der Waals surface area (Å²) >= 11 is 0. The van der Waals surface area contributed by atoms with E-state index < -0.39 is 24.9 Å². The smallest absolute Gasteiger partial charge is 0.255 e. The van der Waals surface area contributed by atoms with Crippen molar-refractivity contribution in [2.24, 2.45) is 0 Å². The highest BCUT2D eigenvalue weighted by Crippen LogP contribution is 2.29. The molecule has 0 fully saturated rings. The first-order valence-corrected chi connectivity index (χ1v) is 5.57. The van der Waals surface area contributed by atoms with E-state index in [2.05, 4.69) is 0 Å². The summed E-state index contributed by atoms with van der Waals surface area (Å²) in [6, 6.07) is 3.99. The Labute approximate surface area is 103 Å². The van der Waals surface area contributed by atoms with Crippen LogP contribution in [0.5, 0.6) is 0 Å². The first kappa shape index (κ1) is 14.8. The van der Waals surface area contributed by atoms with Crippen LogP contribution in [-0.2, 0) is 0 Å². The first-order valence-electron chi connectivity index (χ1n) is 5.57. The average molecular weight is 263 g/mol. The second-order valence-electron chi connectivity index (χ2n) is 3.91. The van der Waals surface area contributed by atoms with Crippen molar-refractivity contribution in [3.8, 4) is 0 Å². The summed E-state index contributed by atoms with van der Waals surface area (Å²) in [6.07, 6.45) is -3.72. The molecule has 1 atom stereocenters. The molecule has 0 aliphatic rings. The molecule has 1 aromatic rings. The Morgan fingerprint density at radius 1 is 1.33 bits per heavy atom.